The van der Waals surface area contributed by atoms with Gasteiger partial charge >= 0.3 is 0 Å². The molecule has 1 unspecified atom stereocenters. The first-order valence-electron chi connectivity index (χ1n) is 6.19. The molecule has 0 spiro atoms. The molecule has 8 heteroatoms. The molecule has 0 bridgehead atoms. The Morgan fingerprint density at radius 1 is 1.48 bits per heavy atom. The number of benzene rings is 1. The third-order valence-electron chi connectivity index (χ3n) is 3.18. The molecule has 1 rings (SSSR count). The first-order valence-corrected chi connectivity index (χ1v) is 8.34. The molecule has 0 saturated carbocycles. The van der Waals surface area contributed by atoms with Crippen molar-refractivity contribution in [2.45, 2.75) is 19.4 Å². The van der Waals surface area contributed by atoms with Crippen LogP contribution >= 0.6 is 35.0 Å². The van der Waals surface area contributed by atoms with E-state index in [9.17, 15) is 14.9 Å². The lowest BCUT2D eigenvalue weighted by molar-refractivity contribution is -0.384. The molecule has 0 aliphatic heterocycles. The highest BCUT2D eigenvalue weighted by molar-refractivity contribution is 7.98. The van der Waals surface area contributed by atoms with Crippen molar-refractivity contribution in [3.8, 4) is 0 Å². The van der Waals surface area contributed by atoms with E-state index in [4.69, 9.17) is 23.2 Å². The zero-order valence-electron chi connectivity index (χ0n) is 11.9. The van der Waals surface area contributed by atoms with Crippen LogP contribution < -0.4 is 0 Å². The zero-order chi connectivity index (χ0) is 16.2. The van der Waals surface area contributed by atoms with Crippen LogP contribution in [0.15, 0.2) is 12.1 Å². The molecule has 116 valence electrons. The standard InChI is InChI=1S/C13H16Cl2N2O3S/c1-8(4-5-21-3)16(2)13(18)10-6-9(17(19)20)7-11(14)12(10)15/h6-8H,4-5H2,1-3H3. The molecule has 0 heterocycles. The molecule has 1 aromatic carbocycles. The molecule has 0 fully saturated rings. The van der Waals surface area contributed by atoms with Gasteiger partial charge in [-0.3, -0.25) is 14.9 Å². The Bertz CT molecular complexity index is 554. The van der Waals surface area contributed by atoms with Crippen LogP contribution in [-0.2, 0) is 0 Å². The summed E-state index contributed by atoms with van der Waals surface area (Å²) in [5.41, 5.74) is -0.202. The maximum absolute atomic E-state index is 12.5. The summed E-state index contributed by atoms with van der Waals surface area (Å²) in [5, 5.41) is 10.9. The summed E-state index contributed by atoms with van der Waals surface area (Å²) in [6.45, 7) is 1.92. The first kappa shape index (κ1) is 18.1. The zero-order valence-corrected chi connectivity index (χ0v) is 14.3. The van der Waals surface area contributed by atoms with E-state index in [0.717, 1.165) is 24.3 Å². The van der Waals surface area contributed by atoms with Crippen molar-refractivity contribution >= 4 is 46.6 Å². The van der Waals surface area contributed by atoms with Gasteiger partial charge in [0.05, 0.1) is 20.5 Å². The van der Waals surface area contributed by atoms with Crippen molar-refractivity contribution in [3.63, 3.8) is 0 Å². The SMILES string of the molecule is CSCCC(C)N(C)C(=O)c1cc([N+](=O)[O-])cc(Cl)c1Cl. The summed E-state index contributed by atoms with van der Waals surface area (Å²) >= 11 is 13.6. The number of amides is 1. The van der Waals surface area contributed by atoms with Crippen molar-refractivity contribution in [2.75, 3.05) is 19.1 Å². The normalized spacial score (nSPS) is 12.0. The van der Waals surface area contributed by atoms with Gasteiger partial charge in [0, 0.05) is 25.2 Å². The summed E-state index contributed by atoms with van der Waals surface area (Å²) in [4.78, 5) is 24.2. The lowest BCUT2D eigenvalue weighted by Gasteiger charge is -2.25. The Labute approximate surface area is 137 Å². The van der Waals surface area contributed by atoms with Gasteiger partial charge in [0.15, 0.2) is 0 Å². The Hall–Kier alpha value is -0.980. The van der Waals surface area contributed by atoms with E-state index in [-0.39, 0.29) is 33.2 Å². The molecule has 1 atom stereocenters. The molecule has 0 radical (unpaired) electrons. The molecule has 0 saturated heterocycles. The number of halogens is 2. The van der Waals surface area contributed by atoms with Gasteiger partial charge in [-0.1, -0.05) is 23.2 Å². The molecule has 0 N–H and O–H groups in total. The number of carbonyl (C=O) groups is 1. The number of thioether (sulfide) groups is 1. The predicted octanol–water partition coefficient (Wildman–Crippen LogP) is 4.12. The number of nitro groups is 1. The molecular formula is C13H16Cl2N2O3S. The molecule has 0 aliphatic carbocycles. The summed E-state index contributed by atoms with van der Waals surface area (Å²) in [6, 6.07) is 2.30. The van der Waals surface area contributed by atoms with Crippen molar-refractivity contribution in [2.24, 2.45) is 0 Å². The van der Waals surface area contributed by atoms with Gasteiger partial charge in [0.1, 0.15) is 0 Å². The molecule has 5 nitrogen and oxygen atoms in total. The number of rotatable bonds is 6. The smallest absolute Gasteiger partial charge is 0.271 e. The van der Waals surface area contributed by atoms with Gasteiger partial charge in [-0.05, 0) is 25.4 Å². The largest absolute Gasteiger partial charge is 0.339 e. The number of nitrogens with zero attached hydrogens (tertiary/aromatic N) is 2. The number of non-ortho nitro benzene ring substituents is 1. The second kappa shape index (κ2) is 7.87. The predicted molar refractivity (Wildman–Crippen MR) is 87.7 cm³/mol. The van der Waals surface area contributed by atoms with Gasteiger partial charge in [-0.15, -0.1) is 0 Å². The molecule has 1 aromatic rings. The summed E-state index contributed by atoms with van der Waals surface area (Å²) in [6.07, 6.45) is 2.81. The monoisotopic (exact) mass is 350 g/mol. The van der Waals surface area contributed by atoms with Crippen LogP contribution in [0.1, 0.15) is 23.7 Å². The van der Waals surface area contributed by atoms with E-state index >= 15 is 0 Å². The maximum Gasteiger partial charge on any atom is 0.271 e. The number of hydrogen-bond acceptors (Lipinski definition) is 4. The Balaban J connectivity index is 3.08. The topological polar surface area (TPSA) is 63.5 Å². The lowest BCUT2D eigenvalue weighted by Crippen LogP contribution is -2.35. The van der Waals surface area contributed by atoms with Crippen LogP contribution in [-0.4, -0.2) is 40.8 Å². The summed E-state index contributed by atoms with van der Waals surface area (Å²) in [5.74, 6) is 0.543. The van der Waals surface area contributed by atoms with Gasteiger partial charge < -0.3 is 4.90 Å². The highest BCUT2D eigenvalue weighted by atomic mass is 35.5. The van der Waals surface area contributed by atoms with Crippen LogP contribution in [0, 0.1) is 10.1 Å². The fourth-order valence-electron chi connectivity index (χ4n) is 1.71. The van der Waals surface area contributed by atoms with E-state index in [1.165, 1.54) is 4.90 Å². The van der Waals surface area contributed by atoms with Crippen molar-refractivity contribution in [1.82, 2.24) is 4.90 Å². The second-order valence-corrected chi connectivity index (χ2v) is 6.36. The second-order valence-electron chi connectivity index (χ2n) is 4.59. The van der Waals surface area contributed by atoms with Gasteiger partial charge in [0.2, 0.25) is 0 Å². The third kappa shape index (κ3) is 4.49. The Morgan fingerprint density at radius 3 is 2.62 bits per heavy atom. The quantitative estimate of drug-likeness (QED) is 0.571. The van der Waals surface area contributed by atoms with Gasteiger partial charge in [0.25, 0.3) is 11.6 Å². The Kier molecular flexibility index (Phi) is 6.77. The molecule has 0 aromatic heterocycles. The van der Waals surface area contributed by atoms with Crippen molar-refractivity contribution < 1.29 is 9.72 Å². The highest BCUT2D eigenvalue weighted by Gasteiger charge is 2.24. The van der Waals surface area contributed by atoms with E-state index in [1.54, 1.807) is 18.8 Å². The van der Waals surface area contributed by atoms with Gasteiger partial charge in [-0.2, -0.15) is 11.8 Å². The fourth-order valence-corrected chi connectivity index (χ4v) is 2.69. The summed E-state index contributed by atoms with van der Waals surface area (Å²) < 4.78 is 0. The first-order chi connectivity index (χ1) is 9.79. The van der Waals surface area contributed by atoms with E-state index < -0.39 is 4.92 Å². The molecular weight excluding hydrogens is 335 g/mol. The number of carbonyl (C=O) groups excluding carboxylic acids is 1. The lowest BCUT2D eigenvalue weighted by atomic mass is 10.1. The van der Waals surface area contributed by atoms with E-state index in [0.29, 0.717) is 0 Å². The minimum Gasteiger partial charge on any atom is -0.339 e. The summed E-state index contributed by atoms with van der Waals surface area (Å²) in [7, 11) is 1.65. The van der Waals surface area contributed by atoms with Crippen LogP contribution in [0.4, 0.5) is 5.69 Å². The molecule has 1 amide bonds. The molecule has 0 aliphatic rings. The van der Waals surface area contributed by atoms with Crippen molar-refractivity contribution in [1.29, 1.82) is 0 Å². The maximum atomic E-state index is 12.5. The van der Waals surface area contributed by atoms with Crippen LogP contribution in [0.3, 0.4) is 0 Å². The van der Waals surface area contributed by atoms with E-state index in [1.807, 2.05) is 13.2 Å². The highest BCUT2D eigenvalue weighted by Crippen LogP contribution is 2.31. The third-order valence-corrected chi connectivity index (χ3v) is 4.62. The number of nitro benzene ring substituents is 1. The Morgan fingerprint density at radius 2 is 2.10 bits per heavy atom. The minimum atomic E-state index is -0.601. The average Bonchev–Trinajstić information content (AvgIpc) is 2.45. The fraction of sp³-hybridized carbons (Fsp3) is 0.462. The van der Waals surface area contributed by atoms with Gasteiger partial charge in [-0.25, -0.2) is 0 Å². The van der Waals surface area contributed by atoms with Crippen LogP contribution in [0.5, 0.6) is 0 Å². The van der Waals surface area contributed by atoms with E-state index in [2.05, 4.69) is 0 Å². The van der Waals surface area contributed by atoms with Crippen LogP contribution in [0.25, 0.3) is 0 Å². The number of hydrogen-bond donors (Lipinski definition) is 0. The average molecular weight is 351 g/mol. The van der Waals surface area contributed by atoms with Crippen LogP contribution in [0.2, 0.25) is 10.0 Å². The minimum absolute atomic E-state index is 0.000571. The molecule has 21 heavy (non-hydrogen) atoms. The van der Waals surface area contributed by atoms with Crippen molar-refractivity contribution in [3.05, 3.63) is 37.9 Å².